The minimum Gasteiger partial charge on any atom is -0.433 e. The highest BCUT2D eigenvalue weighted by Gasteiger charge is 2.30. The molecule has 1 amide bonds. The van der Waals surface area contributed by atoms with Gasteiger partial charge in [-0.05, 0) is 17.5 Å². The van der Waals surface area contributed by atoms with Crippen molar-refractivity contribution in [3.63, 3.8) is 0 Å². The fourth-order valence-electron chi connectivity index (χ4n) is 2.54. The second kappa shape index (κ2) is 7.23. The summed E-state index contributed by atoms with van der Waals surface area (Å²) in [5, 5.41) is 1.51. The Morgan fingerprint density at radius 1 is 1.33 bits per heavy atom. The maximum absolute atomic E-state index is 13.9. The van der Waals surface area contributed by atoms with Crippen molar-refractivity contribution in [2.24, 2.45) is 0 Å². The third kappa shape index (κ3) is 3.54. The Hall–Kier alpha value is -2.06. The van der Waals surface area contributed by atoms with E-state index < -0.39 is 24.4 Å². The monoisotopic (exact) mass is 357 g/mol. The van der Waals surface area contributed by atoms with E-state index >= 15 is 0 Å². The van der Waals surface area contributed by atoms with Gasteiger partial charge in [-0.25, -0.2) is 4.39 Å². The molecule has 2 aromatic rings. The number of carbonyl (C=O) groups excluding carboxylic acids is 1. The van der Waals surface area contributed by atoms with Crippen LogP contribution in [0.3, 0.4) is 0 Å². The summed E-state index contributed by atoms with van der Waals surface area (Å²) < 4.78 is 48.6. The average Bonchev–Trinajstić information content (AvgIpc) is 3.02. The number of halogens is 3. The number of nitrogens with zero attached hydrogens (tertiary/aromatic N) is 1. The highest BCUT2D eigenvalue weighted by atomic mass is 32.1. The Morgan fingerprint density at radius 2 is 2.12 bits per heavy atom. The number of ether oxygens (including phenoxy) is 2. The largest absolute Gasteiger partial charge is 0.433 e. The number of benzene rings is 1. The molecule has 1 aliphatic heterocycles. The van der Waals surface area contributed by atoms with Crippen LogP contribution in [-0.4, -0.2) is 37.1 Å². The summed E-state index contributed by atoms with van der Waals surface area (Å²) in [5.41, 5.74) is 0.366. The Balaban J connectivity index is 1.76. The third-order valence-corrected chi connectivity index (χ3v) is 4.53. The van der Waals surface area contributed by atoms with Crippen LogP contribution in [0, 0.1) is 5.82 Å². The lowest BCUT2D eigenvalue weighted by atomic mass is 10.1. The predicted molar refractivity (Wildman–Crippen MR) is 81.9 cm³/mol. The number of thiophene rings is 1. The molecule has 1 aromatic heterocycles. The first-order chi connectivity index (χ1) is 11.6. The highest BCUT2D eigenvalue weighted by molar-refractivity contribution is 7.12. The van der Waals surface area contributed by atoms with Gasteiger partial charge in [0.25, 0.3) is 5.91 Å². The van der Waals surface area contributed by atoms with Crippen LogP contribution in [0.2, 0.25) is 0 Å². The molecule has 24 heavy (non-hydrogen) atoms. The van der Waals surface area contributed by atoms with E-state index in [4.69, 9.17) is 4.74 Å². The molecular weight excluding hydrogens is 343 g/mol. The molecule has 0 N–H and O–H groups in total. The van der Waals surface area contributed by atoms with Crippen LogP contribution in [0.4, 0.5) is 13.2 Å². The van der Waals surface area contributed by atoms with Gasteiger partial charge in [0.05, 0.1) is 13.2 Å². The van der Waals surface area contributed by atoms with Gasteiger partial charge in [0.2, 0.25) is 0 Å². The SMILES string of the molecule is O=C(c1sccc1OC(F)F)N1CCOC(c2ccccc2F)C1. The Bertz CT molecular complexity index is 722. The number of carbonyl (C=O) groups is 1. The second-order valence-electron chi connectivity index (χ2n) is 5.12. The molecule has 0 spiro atoms. The van der Waals surface area contributed by atoms with E-state index in [0.717, 1.165) is 11.3 Å². The number of alkyl halides is 2. The lowest BCUT2D eigenvalue weighted by Crippen LogP contribution is -2.42. The van der Waals surface area contributed by atoms with Crippen molar-refractivity contribution < 1.29 is 27.4 Å². The summed E-state index contributed by atoms with van der Waals surface area (Å²) >= 11 is 1.03. The molecule has 1 unspecified atom stereocenters. The van der Waals surface area contributed by atoms with Gasteiger partial charge in [-0.1, -0.05) is 18.2 Å². The van der Waals surface area contributed by atoms with E-state index in [1.54, 1.807) is 18.2 Å². The molecular formula is C16H14F3NO3S. The quantitative estimate of drug-likeness (QED) is 0.838. The van der Waals surface area contributed by atoms with Crippen LogP contribution in [0.5, 0.6) is 5.75 Å². The van der Waals surface area contributed by atoms with Crippen LogP contribution in [-0.2, 0) is 4.74 Å². The van der Waals surface area contributed by atoms with Crippen LogP contribution in [0.15, 0.2) is 35.7 Å². The molecule has 0 saturated carbocycles. The minimum atomic E-state index is -3.00. The van der Waals surface area contributed by atoms with E-state index in [1.807, 2.05) is 0 Å². The number of hydrogen-bond acceptors (Lipinski definition) is 4. The molecule has 1 aromatic carbocycles. The van der Waals surface area contributed by atoms with Crippen LogP contribution in [0.1, 0.15) is 21.3 Å². The predicted octanol–water partition coefficient (Wildman–Crippen LogP) is 3.70. The summed E-state index contributed by atoms with van der Waals surface area (Å²) in [6.07, 6.45) is -0.594. The topological polar surface area (TPSA) is 38.8 Å². The summed E-state index contributed by atoms with van der Waals surface area (Å²) in [7, 11) is 0. The van der Waals surface area contributed by atoms with Crippen LogP contribution in [0.25, 0.3) is 0 Å². The summed E-state index contributed by atoms with van der Waals surface area (Å²) in [6, 6.07) is 7.52. The van der Waals surface area contributed by atoms with Crippen molar-refractivity contribution in [1.82, 2.24) is 4.90 Å². The first-order valence-electron chi connectivity index (χ1n) is 7.24. The molecule has 0 bridgehead atoms. The van der Waals surface area contributed by atoms with Crippen molar-refractivity contribution in [3.8, 4) is 5.75 Å². The zero-order chi connectivity index (χ0) is 17.1. The number of morpholine rings is 1. The first kappa shape index (κ1) is 16.8. The zero-order valence-electron chi connectivity index (χ0n) is 12.5. The zero-order valence-corrected chi connectivity index (χ0v) is 13.3. The van der Waals surface area contributed by atoms with Crippen LogP contribution < -0.4 is 4.74 Å². The fourth-order valence-corrected chi connectivity index (χ4v) is 3.33. The van der Waals surface area contributed by atoms with E-state index in [9.17, 15) is 18.0 Å². The summed E-state index contributed by atoms with van der Waals surface area (Å²) in [5.74, 6) is -0.978. The maximum atomic E-state index is 13.9. The van der Waals surface area contributed by atoms with Gasteiger partial charge in [0, 0.05) is 12.1 Å². The molecule has 1 atom stereocenters. The molecule has 1 aliphatic rings. The van der Waals surface area contributed by atoms with E-state index in [0.29, 0.717) is 12.1 Å². The van der Waals surface area contributed by atoms with Gasteiger partial charge >= 0.3 is 6.61 Å². The normalized spacial score (nSPS) is 18.0. The van der Waals surface area contributed by atoms with Gasteiger partial charge in [-0.3, -0.25) is 4.79 Å². The highest BCUT2D eigenvalue weighted by Crippen LogP contribution is 2.30. The maximum Gasteiger partial charge on any atom is 0.387 e. The molecule has 1 saturated heterocycles. The smallest absolute Gasteiger partial charge is 0.387 e. The molecule has 0 aliphatic carbocycles. The van der Waals surface area contributed by atoms with Crippen molar-refractivity contribution in [3.05, 3.63) is 52.0 Å². The molecule has 3 rings (SSSR count). The minimum absolute atomic E-state index is 0.101. The first-order valence-corrected chi connectivity index (χ1v) is 8.12. The Morgan fingerprint density at radius 3 is 2.88 bits per heavy atom. The number of amides is 1. The van der Waals surface area contributed by atoms with E-state index in [-0.39, 0.29) is 23.8 Å². The molecule has 1 fully saturated rings. The van der Waals surface area contributed by atoms with Crippen molar-refractivity contribution in [2.45, 2.75) is 12.7 Å². The molecule has 4 nitrogen and oxygen atoms in total. The van der Waals surface area contributed by atoms with Crippen LogP contribution >= 0.6 is 11.3 Å². The standard InChI is InChI=1S/C16H14F3NO3S/c17-11-4-2-1-3-10(11)13-9-20(6-7-22-13)15(21)14-12(5-8-24-14)23-16(18)19/h1-5,8,13,16H,6-7,9H2. The van der Waals surface area contributed by atoms with E-state index in [1.165, 1.54) is 22.4 Å². The fraction of sp³-hybridized carbons (Fsp3) is 0.312. The molecule has 8 heteroatoms. The summed E-state index contributed by atoms with van der Waals surface area (Å²) in [6.45, 7) is -2.31. The van der Waals surface area contributed by atoms with Gasteiger partial charge < -0.3 is 14.4 Å². The average molecular weight is 357 g/mol. The number of hydrogen-bond donors (Lipinski definition) is 0. The summed E-state index contributed by atoms with van der Waals surface area (Å²) in [4.78, 5) is 14.2. The lowest BCUT2D eigenvalue weighted by molar-refractivity contribution is -0.0504. The second-order valence-corrected chi connectivity index (χ2v) is 6.04. The van der Waals surface area contributed by atoms with Gasteiger partial charge in [-0.15, -0.1) is 11.3 Å². The van der Waals surface area contributed by atoms with Crippen molar-refractivity contribution in [1.29, 1.82) is 0 Å². The Labute approximate surface area is 140 Å². The van der Waals surface area contributed by atoms with Crippen molar-refractivity contribution in [2.75, 3.05) is 19.7 Å². The number of rotatable bonds is 4. The van der Waals surface area contributed by atoms with E-state index in [2.05, 4.69) is 4.74 Å². The lowest BCUT2D eigenvalue weighted by Gasteiger charge is -2.33. The molecule has 128 valence electrons. The van der Waals surface area contributed by atoms with Crippen molar-refractivity contribution >= 4 is 17.2 Å². The molecule has 0 radical (unpaired) electrons. The Kier molecular flexibility index (Phi) is 5.06. The van der Waals surface area contributed by atoms with Gasteiger partial charge in [0.1, 0.15) is 22.5 Å². The molecule has 2 heterocycles. The van der Waals surface area contributed by atoms with Gasteiger partial charge in [-0.2, -0.15) is 8.78 Å². The van der Waals surface area contributed by atoms with Gasteiger partial charge in [0.15, 0.2) is 0 Å². The third-order valence-electron chi connectivity index (χ3n) is 3.65.